The predicted octanol–water partition coefficient (Wildman–Crippen LogP) is 1.61. The predicted molar refractivity (Wildman–Crippen MR) is 122 cm³/mol. The van der Waals surface area contributed by atoms with Gasteiger partial charge in [0.1, 0.15) is 10.6 Å². The van der Waals surface area contributed by atoms with E-state index in [1.54, 1.807) is 6.07 Å². The van der Waals surface area contributed by atoms with E-state index in [0.717, 1.165) is 10.8 Å². The highest BCUT2D eigenvalue weighted by atomic mass is 32.2. The van der Waals surface area contributed by atoms with Gasteiger partial charge in [0.05, 0.1) is 18.5 Å². The molecule has 0 unspecified atom stereocenters. The summed E-state index contributed by atoms with van der Waals surface area (Å²) in [6, 6.07) is 9.58. The zero-order valence-electron chi connectivity index (χ0n) is 17.6. The number of nitrogens with two attached hydrogens (primary N) is 2. The van der Waals surface area contributed by atoms with Gasteiger partial charge in [-0.25, -0.2) is 13.6 Å². The third kappa shape index (κ3) is 4.53. The standard InChI is InChI=1S/C20H20N8O4S/c1-28-9-11-7-14(15(32-2)8-12(11)10-28)24-20-25-19(17(18(21)29)26-27-20)23-13-5-3-4-6-16(13)33(22,30)31/h3-10H,1-2H3,(H2,21,29)(H2,22,30,31)(H2,23,24,25,27). The fourth-order valence-corrected chi connectivity index (χ4v) is 3.97. The molecule has 0 fully saturated rings. The normalized spacial score (nSPS) is 11.4. The summed E-state index contributed by atoms with van der Waals surface area (Å²) in [5, 5.41) is 20.7. The summed E-state index contributed by atoms with van der Waals surface area (Å²) in [4.78, 5) is 16.0. The number of sulfonamides is 1. The number of hydrogen-bond donors (Lipinski definition) is 4. The van der Waals surface area contributed by atoms with Crippen LogP contribution in [0.15, 0.2) is 53.7 Å². The number of anilines is 4. The van der Waals surface area contributed by atoms with E-state index in [1.807, 2.05) is 36.1 Å². The number of hydrogen-bond acceptors (Lipinski definition) is 9. The molecule has 0 saturated heterocycles. The molecule has 170 valence electrons. The summed E-state index contributed by atoms with van der Waals surface area (Å²) in [5.74, 6) is -0.453. The number of carbonyl (C=O) groups excluding carboxylic acids is 1. The van der Waals surface area contributed by atoms with Crippen LogP contribution in [0.4, 0.5) is 23.1 Å². The number of methoxy groups -OCH3 is 1. The van der Waals surface area contributed by atoms with Crippen LogP contribution >= 0.6 is 0 Å². The molecule has 2 aromatic carbocycles. The molecule has 2 heterocycles. The van der Waals surface area contributed by atoms with Crippen molar-refractivity contribution in [3.8, 4) is 5.75 Å². The van der Waals surface area contributed by atoms with Crippen molar-refractivity contribution < 1.29 is 17.9 Å². The van der Waals surface area contributed by atoms with Gasteiger partial charge in [-0.05, 0) is 24.3 Å². The molecule has 0 aliphatic rings. The van der Waals surface area contributed by atoms with Crippen LogP contribution in [0.2, 0.25) is 0 Å². The number of nitrogens with zero attached hydrogens (tertiary/aromatic N) is 4. The van der Waals surface area contributed by atoms with Crippen LogP contribution in [0.5, 0.6) is 5.75 Å². The molecule has 0 aliphatic heterocycles. The van der Waals surface area contributed by atoms with Gasteiger partial charge in [0.25, 0.3) is 5.91 Å². The van der Waals surface area contributed by atoms with Crippen molar-refractivity contribution in [1.29, 1.82) is 0 Å². The Kier molecular flexibility index (Phi) is 5.57. The lowest BCUT2D eigenvalue weighted by Gasteiger charge is -2.14. The van der Waals surface area contributed by atoms with Crippen molar-refractivity contribution >= 4 is 49.8 Å². The van der Waals surface area contributed by atoms with Gasteiger partial charge in [0.2, 0.25) is 16.0 Å². The van der Waals surface area contributed by atoms with Crippen LogP contribution in [0.3, 0.4) is 0 Å². The number of ether oxygens (including phenoxy) is 1. The molecule has 0 bridgehead atoms. The molecule has 33 heavy (non-hydrogen) atoms. The number of rotatable bonds is 7. The number of amides is 1. The second-order valence-electron chi connectivity index (χ2n) is 7.09. The number of carbonyl (C=O) groups is 1. The third-order valence-electron chi connectivity index (χ3n) is 4.70. The van der Waals surface area contributed by atoms with E-state index in [4.69, 9.17) is 15.6 Å². The number of primary amides is 1. The minimum absolute atomic E-state index is 0.0177. The Bertz CT molecular complexity index is 1480. The van der Waals surface area contributed by atoms with Crippen LogP contribution < -0.4 is 26.2 Å². The van der Waals surface area contributed by atoms with Crippen molar-refractivity contribution in [2.75, 3.05) is 17.7 Å². The van der Waals surface area contributed by atoms with Crippen LogP contribution in [0.1, 0.15) is 10.5 Å². The smallest absolute Gasteiger partial charge is 0.273 e. The molecule has 0 aliphatic carbocycles. The molecular weight excluding hydrogens is 448 g/mol. The van der Waals surface area contributed by atoms with Gasteiger partial charge >= 0.3 is 0 Å². The van der Waals surface area contributed by atoms with Crippen LogP contribution in [0.25, 0.3) is 10.8 Å². The minimum Gasteiger partial charge on any atom is -0.495 e. The van der Waals surface area contributed by atoms with Crippen molar-refractivity contribution in [2.24, 2.45) is 17.9 Å². The summed E-state index contributed by atoms with van der Waals surface area (Å²) < 4.78 is 31.2. The van der Waals surface area contributed by atoms with Crippen molar-refractivity contribution in [1.82, 2.24) is 19.7 Å². The molecule has 0 atom stereocenters. The Labute approximate surface area is 188 Å². The summed E-state index contributed by atoms with van der Waals surface area (Å²) in [6.07, 6.45) is 3.89. The molecule has 1 amide bonds. The lowest BCUT2D eigenvalue weighted by atomic mass is 10.2. The molecular formula is C20H20N8O4S. The van der Waals surface area contributed by atoms with Gasteiger partial charge in [0, 0.05) is 30.2 Å². The van der Waals surface area contributed by atoms with Crippen LogP contribution in [-0.2, 0) is 17.1 Å². The number of primary sulfonamides is 1. The molecule has 0 radical (unpaired) electrons. The number of benzene rings is 2. The van der Waals surface area contributed by atoms with Gasteiger partial charge in [-0.15, -0.1) is 10.2 Å². The van der Waals surface area contributed by atoms with Gasteiger partial charge in [-0.1, -0.05) is 12.1 Å². The van der Waals surface area contributed by atoms with E-state index in [9.17, 15) is 13.2 Å². The van der Waals surface area contributed by atoms with Crippen LogP contribution in [-0.4, -0.2) is 41.2 Å². The molecule has 4 rings (SSSR count). The minimum atomic E-state index is -4.05. The van der Waals surface area contributed by atoms with Crippen molar-refractivity contribution in [3.63, 3.8) is 0 Å². The quantitative estimate of drug-likeness (QED) is 0.313. The highest BCUT2D eigenvalue weighted by Crippen LogP contribution is 2.33. The number of aromatic nitrogens is 4. The monoisotopic (exact) mass is 468 g/mol. The first-order valence-electron chi connectivity index (χ1n) is 9.50. The Hall–Kier alpha value is -4.23. The summed E-state index contributed by atoms with van der Waals surface area (Å²) in [6.45, 7) is 0. The highest BCUT2D eigenvalue weighted by Gasteiger charge is 2.19. The van der Waals surface area contributed by atoms with Gasteiger partial charge in [0.15, 0.2) is 11.5 Å². The van der Waals surface area contributed by atoms with Gasteiger partial charge in [-0.3, -0.25) is 4.79 Å². The van der Waals surface area contributed by atoms with E-state index in [2.05, 4.69) is 25.8 Å². The second-order valence-corrected chi connectivity index (χ2v) is 8.62. The van der Waals surface area contributed by atoms with Gasteiger partial charge in [-0.2, -0.15) is 4.98 Å². The maximum atomic E-state index is 11.9. The number of aryl methyl sites for hydroxylation is 1. The maximum absolute atomic E-state index is 11.9. The second kappa shape index (κ2) is 8.37. The average Bonchev–Trinajstić information content (AvgIpc) is 3.11. The Morgan fingerprint density at radius 3 is 2.42 bits per heavy atom. The summed E-state index contributed by atoms with van der Waals surface area (Å²) in [5.41, 5.74) is 5.77. The lowest BCUT2D eigenvalue weighted by Crippen LogP contribution is -2.19. The Morgan fingerprint density at radius 2 is 1.76 bits per heavy atom. The van der Waals surface area contributed by atoms with Crippen molar-refractivity contribution in [3.05, 3.63) is 54.5 Å². The van der Waals surface area contributed by atoms with E-state index in [0.29, 0.717) is 11.4 Å². The maximum Gasteiger partial charge on any atom is 0.273 e. The third-order valence-corrected chi connectivity index (χ3v) is 5.67. The Balaban J connectivity index is 1.75. The SMILES string of the molecule is COc1cc2cn(C)cc2cc1Nc1nnc(C(N)=O)c(Nc2ccccc2S(N)(=O)=O)n1. The van der Waals surface area contributed by atoms with E-state index in [1.165, 1.54) is 25.3 Å². The fourth-order valence-electron chi connectivity index (χ4n) is 3.28. The summed E-state index contributed by atoms with van der Waals surface area (Å²) >= 11 is 0. The lowest BCUT2D eigenvalue weighted by molar-refractivity contribution is 0.0995. The van der Waals surface area contributed by atoms with Gasteiger partial charge < -0.3 is 25.7 Å². The molecule has 4 aromatic rings. The number of nitrogens with one attached hydrogen (secondary N) is 2. The van der Waals surface area contributed by atoms with E-state index >= 15 is 0 Å². The highest BCUT2D eigenvalue weighted by molar-refractivity contribution is 7.89. The molecule has 0 saturated carbocycles. The first-order chi connectivity index (χ1) is 15.7. The number of para-hydroxylation sites is 1. The van der Waals surface area contributed by atoms with E-state index < -0.39 is 15.9 Å². The Morgan fingerprint density at radius 1 is 1.06 bits per heavy atom. The molecule has 0 spiro atoms. The molecule has 12 nitrogen and oxygen atoms in total. The molecule has 6 N–H and O–H groups in total. The first-order valence-corrected chi connectivity index (χ1v) is 11.0. The average molecular weight is 468 g/mol. The topological polar surface area (TPSA) is 180 Å². The van der Waals surface area contributed by atoms with E-state index in [-0.39, 0.29) is 28.0 Å². The largest absolute Gasteiger partial charge is 0.495 e. The summed E-state index contributed by atoms with van der Waals surface area (Å²) in [7, 11) is -0.611. The fraction of sp³-hybridized carbons (Fsp3) is 0.100. The van der Waals surface area contributed by atoms with Crippen molar-refractivity contribution in [2.45, 2.75) is 4.90 Å². The number of fused-ring (bicyclic) bond motifs is 1. The molecule has 13 heteroatoms. The zero-order chi connectivity index (χ0) is 23.8. The van der Waals surface area contributed by atoms with Crippen LogP contribution in [0, 0.1) is 0 Å². The first kappa shape index (κ1) is 22.0. The molecule has 2 aromatic heterocycles. The zero-order valence-corrected chi connectivity index (χ0v) is 18.4.